The number of fused-ring (bicyclic) bond motifs is 1. The number of thiophene rings is 1. The van der Waals surface area contributed by atoms with Crippen molar-refractivity contribution in [3.63, 3.8) is 0 Å². The molecule has 0 saturated heterocycles. The Labute approximate surface area is 152 Å². The zero-order valence-corrected chi connectivity index (χ0v) is 16.2. The SMILES string of the molecule is CCC(CC)N(C)C(=O)c1cc(-c2cccs2)nc2c1c(C)nn2C. The van der Waals surface area contributed by atoms with Gasteiger partial charge in [-0.05, 0) is 37.3 Å². The highest BCUT2D eigenvalue weighted by Gasteiger charge is 2.24. The third kappa shape index (κ3) is 3.06. The van der Waals surface area contributed by atoms with Gasteiger partial charge in [-0.3, -0.25) is 9.48 Å². The maximum Gasteiger partial charge on any atom is 0.254 e. The zero-order valence-electron chi connectivity index (χ0n) is 15.4. The molecule has 0 unspecified atom stereocenters. The summed E-state index contributed by atoms with van der Waals surface area (Å²) in [6, 6.07) is 6.18. The first-order valence-electron chi connectivity index (χ1n) is 8.63. The summed E-state index contributed by atoms with van der Waals surface area (Å²) < 4.78 is 1.76. The van der Waals surface area contributed by atoms with Crippen LogP contribution in [0.1, 0.15) is 42.7 Å². The Bertz CT molecular complexity index is 894. The van der Waals surface area contributed by atoms with Crippen LogP contribution in [-0.4, -0.2) is 38.7 Å². The highest BCUT2D eigenvalue weighted by molar-refractivity contribution is 7.13. The monoisotopic (exact) mass is 356 g/mol. The summed E-state index contributed by atoms with van der Waals surface area (Å²) in [4.78, 5) is 20.9. The molecular weight excluding hydrogens is 332 g/mol. The normalized spacial score (nSPS) is 11.4. The van der Waals surface area contributed by atoms with E-state index >= 15 is 0 Å². The zero-order chi connectivity index (χ0) is 18.1. The summed E-state index contributed by atoms with van der Waals surface area (Å²) in [7, 11) is 3.77. The van der Waals surface area contributed by atoms with Gasteiger partial charge >= 0.3 is 0 Å². The highest BCUT2D eigenvalue weighted by Crippen LogP contribution is 2.30. The number of nitrogens with zero attached hydrogens (tertiary/aromatic N) is 4. The van der Waals surface area contributed by atoms with Gasteiger partial charge in [-0.2, -0.15) is 5.10 Å². The predicted molar refractivity (Wildman–Crippen MR) is 103 cm³/mol. The maximum atomic E-state index is 13.3. The molecule has 3 heterocycles. The van der Waals surface area contributed by atoms with Crippen LogP contribution < -0.4 is 0 Å². The topological polar surface area (TPSA) is 51.0 Å². The minimum absolute atomic E-state index is 0.0370. The standard InChI is InChI=1S/C19H24N4OS/c1-6-13(7-2)22(4)19(24)14-11-15(16-9-8-10-25-16)20-18-17(14)12(3)21-23(18)5/h8-11,13H,6-7H2,1-5H3. The van der Waals surface area contributed by atoms with Crippen LogP contribution in [0, 0.1) is 6.92 Å². The second-order valence-electron chi connectivity index (χ2n) is 6.33. The van der Waals surface area contributed by atoms with E-state index in [9.17, 15) is 4.79 Å². The molecule has 5 nitrogen and oxygen atoms in total. The van der Waals surface area contributed by atoms with Crippen LogP contribution in [0.3, 0.4) is 0 Å². The van der Waals surface area contributed by atoms with Crippen molar-refractivity contribution in [2.75, 3.05) is 7.05 Å². The lowest BCUT2D eigenvalue weighted by Gasteiger charge is -2.26. The van der Waals surface area contributed by atoms with Crippen molar-refractivity contribution in [2.24, 2.45) is 7.05 Å². The number of rotatable bonds is 5. The van der Waals surface area contributed by atoms with Crippen LogP contribution in [0.2, 0.25) is 0 Å². The molecule has 0 aliphatic rings. The number of carbonyl (C=O) groups is 1. The van der Waals surface area contributed by atoms with E-state index in [0.717, 1.165) is 40.1 Å². The lowest BCUT2D eigenvalue weighted by Crippen LogP contribution is -2.36. The number of aryl methyl sites for hydroxylation is 2. The van der Waals surface area contributed by atoms with E-state index in [1.54, 1.807) is 16.0 Å². The Hall–Kier alpha value is -2.21. The van der Waals surface area contributed by atoms with Crippen LogP contribution in [0.5, 0.6) is 0 Å². The molecule has 0 aromatic carbocycles. The fraction of sp³-hybridized carbons (Fsp3) is 0.421. The lowest BCUT2D eigenvalue weighted by molar-refractivity contribution is 0.0725. The van der Waals surface area contributed by atoms with Gasteiger partial charge in [0, 0.05) is 20.1 Å². The van der Waals surface area contributed by atoms with Crippen molar-refractivity contribution >= 4 is 28.3 Å². The van der Waals surface area contributed by atoms with E-state index < -0.39 is 0 Å². The summed E-state index contributed by atoms with van der Waals surface area (Å²) >= 11 is 1.62. The van der Waals surface area contributed by atoms with Crippen molar-refractivity contribution in [1.29, 1.82) is 0 Å². The molecule has 1 amide bonds. The third-order valence-electron chi connectivity index (χ3n) is 4.78. The average molecular weight is 356 g/mol. The minimum Gasteiger partial charge on any atom is -0.339 e. The molecule has 3 rings (SSSR count). The summed E-state index contributed by atoms with van der Waals surface area (Å²) in [5.74, 6) is 0.0370. The molecule has 132 valence electrons. The lowest BCUT2D eigenvalue weighted by atomic mass is 10.1. The van der Waals surface area contributed by atoms with Crippen LogP contribution in [0.25, 0.3) is 21.6 Å². The van der Waals surface area contributed by atoms with Gasteiger partial charge in [0.1, 0.15) is 0 Å². The predicted octanol–water partition coefficient (Wildman–Crippen LogP) is 4.27. The molecule has 0 N–H and O–H groups in total. The van der Waals surface area contributed by atoms with Gasteiger partial charge < -0.3 is 4.90 Å². The molecule has 3 aromatic rings. The van der Waals surface area contributed by atoms with Crippen molar-refractivity contribution in [3.8, 4) is 10.6 Å². The van der Waals surface area contributed by atoms with Gasteiger partial charge in [-0.25, -0.2) is 4.98 Å². The molecule has 0 bridgehead atoms. The summed E-state index contributed by atoms with van der Waals surface area (Å²) in [6.07, 6.45) is 1.88. The molecule has 6 heteroatoms. The number of aromatic nitrogens is 3. The van der Waals surface area contributed by atoms with E-state index in [1.165, 1.54) is 0 Å². The molecule has 0 fully saturated rings. The number of amides is 1. The first-order valence-corrected chi connectivity index (χ1v) is 9.51. The number of pyridine rings is 1. The van der Waals surface area contributed by atoms with Gasteiger partial charge in [0.25, 0.3) is 5.91 Å². The van der Waals surface area contributed by atoms with Gasteiger partial charge in [0.2, 0.25) is 0 Å². The molecule has 25 heavy (non-hydrogen) atoms. The summed E-state index contributed by atoms with van der Waals surface area (Å²) in [5, 5.41) is 7.36. The van der Waals surface area contributed by atoms with E-state index in [4.69, 9.17) is 4.98 Å². The largest absolute Gasteiger partial charge is 0.339 e. The Morgan fingerprint density at radius 2 is 2.08 bits per heavy atom. The second kappa shape index (κ2) is 6.96. The van der Waals surface area contributed by atoms with E-state index in [1.807, 2.05) is 49.5 Å². The molecule has 0 atom stereocenters. The van der Waals surface area contributed by atoms with Gasteiger partial charge in [0.15, 0.2) is 5.65 Å². The Morgan fingerprint density at radius 3 is 2.68 bits per heavy atom. The number of hydrogen-bond acceptors (Lipinski definition) is 4. The smallest absolute Gasteiger partial charge is 0.254 e. The molecule has 0 aliphatic heterocycles. The van der Waals surface area contributed by atoms with Crippen LogP contribution in [0.15, 0.2) is 23.6 Å². The van der Waals surface area contributed by atoms with Gasteiger partial charge in [-0.15, -0.1) is 11.3 Å². The molecule has 0 spiro atoms. The highest BCUT2D eigenvalue weighted by atomic mass is 32.1. The Kier molecular flexibility index (Phi) is 4.90. The van der Waals surface area contributed by atoms with E-state index in [2.05, 4.69) is 18.9 Å². The van der Waals surface area contributed by atoms with Crippen molar-refractivity contribution < 1.29 is 4.79 Å². The number of carbonyl (C=O) groups excluding carboxylic acids is 1. The molecule has 0 aliphatic carbocycles. The van der Waals surface area contributed by atoms with Crippen molar-refractivity contribution in [1.82, 2.24) is 19.7 Å². The molecule has 3 aromatic heterocycles. The van der Waals surface area contributed by atoms with Gasteiger partial charge in [0.05, 0.1) is 27.2 Å². The Morgan fingerprint density at radius 1 is 1.36 bits per heavy atom. The fourth-order valence-corrected chi connectivity index (χ4v) is 4.04. The van der Waals surface area contributed by atoms with Crippen LogP contribution >= 0.6 is 11.3 Å². The average Bonchev–Trinajstić information content (AvgIpc) is 3.23. The third-order valence-corrected chi connectivity index (χ3v) is 5.68. The van der Waals surface area contributed by atoms with Crippen LogP contribution in [0.4, 0.5) is 0 Å². The fourth-order valence-electron chi connectivity index (χ4n) is 3.36. The van der Waals surface area contributed by atoms with Crippen molar-refractivity contribution in [2.45, 2.75) is 39.7 Å². The molecular formula is C19H24N4OS. The Balaban J connectivity index is 2.20. The number of hydrogen-bond donors (Lipinski definition) is 0. The van der Waals surface area contributed by atoms with E-state index in [-0.39, 0.29) is 11.9 Å². The summed E-state index contributed by atoms with van der Waals surface area (Å²) in [5.41, 5.74) is 3.11. The van der Waals surface area contributed by atoms with E-state index in [0.29, 0.717) is 5.56 Å². The first-order chi connectivity index (χ1) is 12.0. The maximum absolute atomic E-state index is 13.3. The van der Waals surface area contributed by atoms with Crippen molar-refractivity contribution in [3.05, 3.63) is 34.8 Å². The first kappa shape index (κ1) is 17.6. The van der Waals surface area contributed by atoms with Gasteiger partial charge in [-0.1, -0.05) is 19.9 Å². The summed E-state index contributed by atoms with van der Waals surface area (Å²) in [6.45, 7) is 6.17. The minimum atomic E-state index is 0.0370. The quantitative estimate of drug-likeness (QED) is 0.686. The second-order valence-corrected chi connectivity index (χ2v) is 7.27. The molecule has 0 saturated carbocycles. The molecule has 0 radical (unpaired) electrons. The van der Waals surface area contributed by atoms with Crippen LogP contribution in [-0.2, 0) is 7.05 Å².